The fraction of sp³-hybridized carbons (Fsp3) is 0.462. The van der Waals surface area contributed by atoms with Crippen LogP contribution in [-0.2, 0) is 16.6 Å². The van der Waals surface area contributed by atoms with Crippen LogP contribution in [0, 0.1) is 11.7 Å². The second kappa shape index (κ2) is 10.1. The molecule has 196 valence electrons. The molecule has 2 aliphatic rings. The Hall–Kier alpha value is -3.47. The van der Waals surface area contributed by atoms with Gasteiger partial charge in [-0.05, 0) is 25.8 Å². The first-order valence-electron chi connectivity index (χ1n) is 12.3. The van der Waals surface area contributed by atoms with Crippen LogP contribution in [0.5, 0.6) is 0 Å². The van der Waals surface area contributed by atoms with Gasteiger partial charge in [0, 0.05) is 48.9 Å². The summed E-state index contributed by atoms with van der Waals surface area (Å²) in [5.41, 5.74) is -0.139. The average Bonchev–Trinajstić information content (AvgIpc) is 2.85. The van der Waals surface area contributed by atoms with Gasteiger partial charge in [0.1, 0.15) is 5.82 Å². The molecule has 8 nitrogen and oxygen atoms in total. The van der Waals surface area contributed by atoms with Crippen LogP contribution in [0.1, 0.15) is 55.0 Å². The Labute approximate surface area is 211 Å². The zero-order valence-corrected chi connectivity index (χ0v) is 20.6. The highest BCUT2D eigenvalue weighted by Gasteiger charge is 2.33. The van der Waals surface area contributed by atoms with Gasteiger partial charge in [-0.3, -0.25) is 14.6 Å². The molecule has 0 bridgehead atoms. The van der Waals surface area contributed by atoms with E-state index in [1.54, 1.807) is 6.92 Å². The van der Waals surface area contributed by atoms with Crippen molar-refractivity contribution in [2.24, 2.45) is 13.0 Å². The molecule has 0 unspecified atom stereocenters. The van der Waals surface area contributed by atoms with Crippen molar-refractivity contribution in [1.29, 1.82) is 0 Å². The van der Waals surface area contributed by atoms with Crippen LogP contribution in [0.4, 0.5) is 19.0 Å². The second-order valence-corrected chi connectivity index (χ2v) is 9.68. The van der Waals surface area contributed by atoms with E-state index < -0.39 is 23.8 Å². The van der Waals surface area contributed by atoms with Crippen molar-refractivity contribution >= 4 is 22.5 Å². The molecule has 0 saturated carbocycles. The number of pyridine rings is 1. The van der Waals surface area contributed by atoms with Crippen LogP contribution in [0.2, 0.25) is 0 Å². The first-order chi connectivity index (χ1) is 17.7. The van der Waals surface area contributed by atoms with Gasteiger partial charge in [-0.1, -0.05) is 18.2 Å². The summed E-state index contributed by atoms with van der Waals surface area (Å²) in [5.74, 6) is -0.455. The lowest BCUT2D eigenvalue weighted by molar-refractivity contribution is -0.150. The molecular formula is C26H28F3N5O3. The van der Waals surface area contributed by atoms with Crippen molar-refractivity contribution < 1.29 is 22.7 Å². The minimum atomic E-state index is -2.93. The number of carbonyl (C=O) groups is 1. The molecule has 1 aromatic carbocycles. The Morgan fingerprint density at radius 1 is 1.16 bits per heavy atom. The number of anilines is 1. The van der Waals surface area contributed by atoms with E-state index in [1.807, 2.05) is 11.0 Å². The molecule has 0 aliphatic carbocycles. The number of nitrogens with one attached hydrogen (secondary N) is 1. The minimum absolute atomic E-state index is 0.0421. The maximum atomic E-state index is 14.8. The predicted molar refractivity (Wildman–Crippen MR) is 131 cm³/mol. The lowest BCUT2D eigenvalue weighted by atomic mass is 9.91. The van der Waals surface area contributed by atoms with Crippen LogP contribution < -0.4 is 10.9 Å². The number of nitrogens with zero attached hydrogens (tertiary/aromatic N) is 4. The smallest absolute Gasteiger partial charge is 0.276 e. The van der Waals surface area contributed by atoms with Crippen LogP contribution >= 0.6 is 0 Å². The Kier molecular flexibility index (Phi) is 6.89. The van der Waals surface area contributed by atoms with Gasteiger partial charge in [-0.15, -0.1) is 0 Å². The number of ether oxygens (including phenoxy) is 1. The van der Waals surface area contributed by atoms with Crippen molar-refractivity contribution in [2.45, 2.75) is 38.2 Å². The molecule has 2 aromatic heterocycles. The number of rotatable bonds is 6. The summed E-state index contributed by atoms with van der Waals surface area (Å²) in [6, 6.07) is 5.01. The summed E-state index contributed by atoms with van der Waals surface area (Å²) in [5, 5.41) is 8.31. The maximum Gasteiger partial charge on any atom is 0.276 e. The highest BCUT2D eigenvalue weighted by atomic mass is 19.3. The van der Waals surface area contributed by atoms with Crippen LogP contribution in [0.3, 0.4) is 0 Å². The molecule has 1 amide bonds. The van der Waals surface area contributed by atoms with Crippen molar-refractivity contribution in [3.05, 3.63) is 63.5 Å². The van der Waals surface area contributed by atoms with E-state index in [2.05, 4.69) is 15.4 Å². The first-order valence-corrected chi connectivity index (χ1v) is 12.3. The Morgan fingerprint density at radius 2 is 1.86 bits per heavy atom. The van der Waals surface area contributed by atoms with Gasteiger partial charge in [-0.2, -0.15) is 5.10 Å². The van der Waals surface area contributed by atoms with Crippen LogP contribution in [0.25, 0.3) is 10.8 Å². The third kappa shape index (κ3) is 4.79. The van der Waals surface area contributed by atoms with Crippen molar-refractivity contribution in [3.8, 4) is 0 Å². The highest BCUT2D eigenvalue weighted by Crippen LogP contribution is 2.33. The number of hydrogen-bond donors (Lipinski definition) is 1. The largest absolute Gasteiger partial charge is 0.380 e. The third-order valence-electron chi connectivity index (χ3n) is 7.28. The molecule has 1 N–H and O–H groups in total. The summed E-state index contributed by atoms with van der Waals surface area (Å²) in [7, 11) is 1.50. The van der Waals surface area contributed by atoms with Gasteiger partial charge in [0.25, 0.3) is 12.0 Å². The Morgan fingerprint density at radius 3 is 2.51 bits per heavy atom. The molecule has 5 rings (SSSR count). The maximum absolute atomic E-state index is 14.8. The minimum Gasteiger partial charge on any atom is -0.380 e. The van der Waals surface area contributed by atoms with Gasteiger partial charge >= 0.3 is 0 Å². The highest BCUT2D eigenvalue weighted by molar-refractivity contribution is 5.91. The van der Waals surface area contributed by atoms with E-state index in [9.17, 15) is 22.8 Å². The number of likely N-dealkylation sites (tertiary alicyclic amines) is 1. The van der Waals surface area contributed by atoms with E-state index >= 15 is 0 Å². The van der Waals surface area contributed by atoms with Gasteiger partial charge in [-0.25, -0.2) is 17.9 Å². The monoisotopic (exact) mass is 515 g/mol. The van der Waals surface area contributed by atoms with E-state index in [-0.39, 0.29) is 28.9 Å². The number of benzene rings is 1. The standard InChI is InChI=1S/C26H28F3N5O3/c1-14(17-4-3-5-18(22(17)27)23(28)29)31-24-19-10-21(30-11-20(19)26(36)33(2)32-24)15-6-8-34(9-7-15)25(35)16-12-37-13-16/h3-5,10-11,14-16,23H,6-9,12-13H2,1-2H3,(H,31,32)/t14-/m1/s1. The van der Waals surface area contributed by atoms with Gasteiger partial charge in [0.05, 0.1) is 36.1 Å². The normalized spacial score (nSPS) is 17.7. The SMILES string of the molecule is C[C@@H](Nc1nn(C)c(=O)c2cnc(C3CCN(C(=O)C4COC4)CC3)cc12)c1cccc(C(F)F)c1F. The van der Waals surface area contributed by atoms with Gasteiger partial charge < -0.3 is 15.0 Å². The number of amides is 1. The Balaban J connectivity index is 1.41. The zero-order valence-electron chi connectivity index (χ0n) is 20.6. The van der Waals surface area contributed by atoms with E-state index in [1.165, 1.54) is 30.1 Å². The number of aromatic nitrogens is 3. The summed E-state index contributed by atoms with van der Waals surface area (Å²) in [6.07, 6.45) is 0.0640. The van der Waals surface area contributed by atoms with Crippen molar-refractivity contribution in [2.75, 3.05) is 31.6 Å². The third-order valence-corrected chi connectivity index (χ3v) is 7.28. The number of alkyl halides is 2. The quantitative estimate of drug-likeness (QED) is 0.535. The summed E-state index contributed by atoms with van der Waals surface area (Å²) in [6.45, 7) is 3.86. The van der Waals surface area contributed by atoms with Gasteiger partial charge in [0.2, 0.25) is 5.91 Å². The molecule has 2 aliphatic heterocycles. The fourth-order valence-corrected chi connectivity index (χ4v) is 4.98. The summed E-state index contributed by atoms with van der Waals surface area (Å²) >= 11 is 0. The summed E-state index contributed by atoms with van der Waals surface area (Å²) < 4.78 is 47.5. The molecule has 4 heterocycles. The average molecular weight is 516 g/mol. The fourth-order valence-electron chi connectivity index (χ4n) is 4.98. The molecule has 0 spiro atoms. The molecule has 2 fully saturated rings. The summed E-state index contributed by atoms with van der Waals surface area (Å²) in [4.78, 5) is 31.7. The van der Waals surface area contributed by atoms with Crippen molar-refractivity contribution in [3.63, 3.8) is 0 Å². The van der Waals surface area contributed by atoms with Crippen molar-refractivity contribution in [1.82, 2.24) is 19.7 Å². The predicted octanol–water partition coefficient (Wildman–Crippen LogP) is 3.93. The van der Waals surface area contributed by atoms with Gasteiger partial charge in [0.15, 0.2) is 5.82 Å². The molecule has 1 atom stereocenters. The lowest BCUT2D eigenvalue weighted by Gasteiger charge is -2.36. The number of halogens is 3. The topological polar surface area (TPSA) is 89.4 Å². The number of carbonyl (C=O) groups excluding carboxylic acids is 1. The Bertz CT molecular complexity index is 1380. The molecular weight excluding hydrogens is 487 g/mol. The molecule has 2 saturated heterocycles. The number of aryl methyl sites for hydroxylation is 1. The second-order valence-electron chi connectivity index (χ2n) is 9.68. The lowest BCUT2D eigenvalue weighted by Crippen LogP contribution is -2.47. The number of fused-ring (bicyclic) bond motifs is 1. The first kappa shape index (κ1) is 25.2. The van der Waals surface area contributed by atoms with Crippen LogP contribution in [-0.4, -0.2) is 51.9 Å². The molecule has 37 heavy (non-hydrogen) atoms. The molecule has 0 radical (unpaired) electrons. The van der Waals surface area contributed by atoms with E-state index in [4.69, 9.17) is 4.74 Å². The molecule has 3 aromatic rings. The van der Waals surface area contributed by atoms with Crippen LogP contribution in [0.15, 0.2) is 35.3 Å². The zero-order chi connectivity index (χ0) is 26.3. The number of piperidine rings is 1. The number of hydrogen-bond acceptors (Lipinski definition) is 6. The van der Waals surface area contributed by atoms with E-state index in [0.29, 0.717) is 42.9 Å². The molecule has 11 heteroatoms. The van der Waals surface area contributed by atoms with E-state index in [0.717, 1.165) is 24.6 Å².